The third kappa shape index (κ3) is 4.19. The van der Waals surface area contributed by atoms with Gasteiger partial charge in [0, 0.05) is 19.1 Å². The molecule has 3 nitrogen and oxygen atoms in total. The third-order valence-electron chi connectivity index (χ3n) is 3.08. The largest absolute Gasteiger partial charge is 0.497 e. The smallest absolute Gasteiger partial charge is 0.119 e. The lowest BCUT2D eigenvalue weighted by Gasteiger charge is -2.30. The second-order valence-electron chi connectivity index (χ2n) is 4.49. The molecule has 1 aromatic rings. The minimum absolute atomic E-state index is 0. The number of hydrogen-bond acceptors (Lipinski definition) is 3. The monoisotopic (exact) mass is 256 g/mol. The molecule has 2 N–H and O–H groups in total. The van der Waals surface area contributed by atoms with Crippen LogP contribution in [-0.2, 0) is 6.54 Å². The van der Waals surface area contributed by atoms with Gasteiger partial charge in [-0.25, -0.2) is 0 Å². The molecule has 0 amide bonds. The quantitative estimate of drug-likeness (QED) is 0.900. The summed E-state index contributed by atoms with van der Waals surface area (Å²) in [5.41, 5.74) is 7.27. The summed E-state index contributed by atoms with van der Waals surface area (Å²) in [6, 6.07) is 8.60. The maximum atomic E-state index is 5.97. The van der Waals surface area contributed by atoms with Gasteiger partial charge in [-0.15, -0.1) is 12.4 Å². The van der Waals surface area contributed by atoms with Gasteiger partial charge < -0.3 is 10.5 Å². The van der Waals surface area contributed by atoms with Crippen LogP contribution in [0.2, 0.25) is 0 Å². The third-order valence-corrected chi connectivity index (χ3v) is 3.08. The lowest BCUT2D eigenvalue weighted by atomic mass is 10.1. The van der Waals surface area contributed by atoms with E-state index in [-0.39, 0.29) is 12.4 Å². The predicted octanol–water partition coefficient (Wildman–Crippen LogP) is 2.04. The predicted molar refractivity (Wildman–Crippen MR) is 72.7 cm³/mol. The van der Waals surface area contributed by atoms with Crippen molar-refractivity contribution >= 4 is 12.4 Å². The molecule has 1 saturated heterocycles. The molecule has 4 heteroatoms. The molecule has 0 aliphatic carbocycles. The van der Waals surface area contributed by atoms with Gasteiger partial charge in [-0.3, -0.25) is 4.90 Å². The first-order valence-corrected chi connectivity index (χ1v) is 5.89. The maximum absolute atomic E-state index is 5.97. The number of ether oxygens (including phenoxy) is 1. The highest BCUT2D eigenvalue weighted by Crippen LogP contribution is 2.16. The zero-order valence-corrected chi connectivity index (χ0v) is 11.1. The molecule has 0 aromatic heterocycles. The Labute approximate surface area is 109 Å². The van der Waals surface area contributed by atoms with Gasteiger partial charge >= 0.3 is 0 Å². The van der Waals surface area contributed by atoms with Gasteiger partial charge in [-0.1, -0.05) is 12.1 Å². The Bertz CT molecular complexity index is 346. The van der Waals surface area contributed by atoms with E-state index in [9.17, 15) is 0 Å². The van der Waals surface area contributed by atoms with E-state index in [2.05, 4.69) is 17.0 Å². The van der Waals surface area contributed by atoms with Crippen LogP contribution in [0.5, 0.6) is 5.75 Å². The van der Waals surface area contributed by atoms with Gasteiger partial charge in [0.05, 0.1) is 7.11 Å². The molecule has 1 atom stereocenters. The molecule has 1 aliphatic rings. The Morgan fingerprint density at radius 1 is 1.47 bits per heavy atom. The molecule has 0 unspecified atom stereocenters. The second-order valence-corrected chi connectivity index (χ2v) is 4.49. The van der Waals surface area contributed by atoms with E-state index in [0.29, 0.717) is 6.04 Å². The fraction of sp³-hybridized carbons (Fsp3) is 0.538. The fourth-order valence-corrected chi connectivity index (χ4v) is 2.26. The van der Waals surface area contributed by atoms with E-state index < -0.39 is 0 Å². The van der Waals surface area contributed by atoms with Gasteiger partial charge in [-0.05, 0) is 37.1 Å². The Hall–Kier alpha value is -0.770. The van der Waals surface area contributed by atoms with Gasteiger partial charge in [0.2, 0.25) is 0 Å². The fourth-order valence-electron chi connectivity index (χ4n) is 2.26. The van der Waals surface area contributed by atoms with Crippen molar-refractivity contribution in [2.45, 2.75) is 25.4 Å². The molecule has 1 heterocycles. The normalized spacial score (nSPS) is 20.7. The van der Waals surface area contributed by atoms with Crippen molar-refractivity contribution in [2.24, 2.45) is 5.73 Å². The molecule has 96 valence electrons. The molecule has 0 saturated carbocycles. The average Bonchev–Trinajstić information content (AvgIpc) is 2.29. The highest BCUT2D eigenvalue weighted by atomic mass is 35.5. The van der Waals surface area contributed by atoms with Crippen LogP contribution in [-0.4, -0.2) is 31.1 Å². The van der Waals surface area contributed by atoms with E-state index in [1.54, 1.807) is 7.11 Å². The number of halogens is 1. The zero-order chi connectivity index (χ0) is 11.4. The zero-order valence-electron chi connectivity index (χ0n) is 10.3. The lowest BCUT2D eigenvalue weighted by molar-refractivity contribution is 0.201. The molecule has 17 heavy (non-hydrogen) atoms. The van der Waals surface area contributed by atoms with Crippen LogP contribution in [0.3, 0.4) is 0 Å². The summed E-state index contributed by atoms with van der Waals surface area (Å²) in [6.45, 7) is 3.15. The first-order valence-electron chi connectivity index (χ1n) is 5.89. The minimum Gasteiger partial charge on any atom is -0.497 e. The SMILES string of the molecule is COc1cccc(CN2CCC[C@@H](N)C2)c1.Cl. The maximum Gasteiger partial charge on any atom is 0.119 e. The number of likely N-dealkylation sites (tertiary alicyclic amines) is 1. The van der Waals surface area contributed by atoms with Gasteiger partial charge in [0.1, 0.15) is 5.75 Å². The molecule has 0 spiro atoms. The lowest BCUT2D eigenvalue weighted by Crippen LogP contribution is -2.42. The van der Waals surface area contributed by atoms with Gasteiger partial charge in [0.15, 0.2) is 0 Å². The van der Waals surface area contributed by atoms with Crippen LogP contribution in [0, 0.1) is 0 Å². The summed E-state index contributed by atoms with van der Waals surface area (Å²) in [5, 5.41) is 0. The Morgan fingerprint density at radius 2 is 2.29 bits per heavy atom. The molecule has 0 radical (unpaired) electrons. The van der Waals surface area contributed by atoms with Crippen molar-refractivity contribution in [1.82, 2.24) is 4.90 Å². The molecule has 2 rings (SSSR count). The molecular weight excluding hydrogens is 236 g/mol. The number of piperidine rings is 1. The van der Waals surface area contributed by atoms with E-state index in [0.717, 1.165) is 31.8 Å². The van der Waals surface area contributed by atoms with E-state index >= 15 is 0 Å². The number of nitrogens with two attached hydrogens (primary N) is 1. The molecule has 1 fully saturated rings. The van der Waals surface area contributed by atoms with Crippen molar-refractivity contribution < 1.29 is 4.74 Å². The summed E-state index contributed by atoms with van der Waals surface area (Å²) in [7, 11) is 1.70. The van der Waals surface area contributed by atoms with Crippen molar-refractivity contribution in [2.75, 3.05) is 20.2 Å². The molecular formula is C13H21ClN2O. The van der Waals surface area contributed by atoms with Crippen LogP contribution in [0.4, 0.5) is 0 Å². The van der Waals surface area contributed by atoms with Crippen LogP contribution < -0.4 is 10.5 Å². The van der Waals surface area contributed by atoms with Crippen molar-refractivity contribution in [3.8, 4) is 5.75 Å². The topological polar surface area (TPSA) is 38.5 Å². The highest BCUT2D eigenvalue weighted by Gasteiger charge is 2.16. The number of benzene rings is 1. The Kier molecular flexibility index (Phi) is 5.75. The molecule has 0 bridgehead atoms. The average molecular weight is 257 g/mol. The van der Waals surface area contributed by atoms with Crippen molar-refractivity contribution in [3.05, 3.63) is 29.8 Å². The Balaban J connectivity index is 0.00000144. The van der Waals surface area contributed by atoms with Crippen LogP contribution >= 0.6 is 12.4 Å². The van der Waals surface area contributed by atoms with Crippen LogP contribution in [0.15, 0.2) is 24.3 Å². The Morgan fingerprint density at radius 3 is 3.00 bits per heavy atom. The summed E-state index contributed by atoms with van der Waals surface area (Å²) in [5.74, 6) is 0.929. The summed E-state index contributed by atoms with van der Waals surface area (Å²) in [6.07, 6.45) is 2.37. The van der Waals surface area contributed by atoms with Crippen molar-refractivity contribution in [1.29, 1.82) is 0 Å². The number of hydrogen-bond donors (Lipinski definition) is 1. The van der Waals surface area contributed by atoms with Crippen LogP contribution in [0.25, 0.3) is 0 Å². The standard InChI is InChI=1S/C13H20N2O.ClH/c1-16-13-6-2-4-11(8-13)9-15-7-3-5-12(14)10-15;/h2,4,6,8,12H,3,5,7,9-10,14H2,1H3;1H/t12-;/m1./s1. The molecule has 1 aromatic carbocycles. The minimum atomic E-state index is 0. The van der Waals surface area contributed by atoms with Gasteiger partial charge in [-0.2, -0.15) is 0 Å². The van der Waals surface area contributed by atoms with E-state index in [1.807, 2.05) is 12.1 Å². The number of methoxy groups -OCH3 is 1. The molecule has 1 aliphatic heterocycles. The van der Waals surface area contributed by atoms with E-state index in [1.165, 1.54) is 12.0 Å². The first-order chi connectivity index (χ1) is 7.78. The van der Waals surface area contributed by atoms with Crippen molar-refractivity contribution in [3.63, 3.8) is 0 Å². The number of rotatable bonds is 3. The van der Waals surface area contributed by atoms with Crippen LogP contribution in [0.1, 0.15) is 18.4 Å². The summed E-state index contributed by atoms with van der Waals surface area (Å²) in [4.78, 5) is 2.42. The highest BCUT2D eigenvalue weighted by molar-refractivity contribution is 5.85. The van der Waals surface area contributed by atoms with E-state index in [4.69, 9.17) is 10.5 Å². The number of nitrogens with zero attached hydrogens (tertiary/aromatic N) is 1. The first kappa shape index (κ1) is 14.3. The summed E-state index contributed by atoms with van der Waals surface area (Å²) >= 11 is 0. The summed E-state index contributed by atoms with van der Waals surface area (Å²) < 4.78 is 5.22. The second kappa shape index (κ2) is 6.84. The van der Waals surface area contributed by atoms with Gasteiger partial charge in [0.25, 0.3) is 0 Å².